The van der Waals surface area contributed by atoms with Gasteiger partial charge in [0.15, 0.2) is 5.69 Å². The summed E-state index contributed by atoms with van der Waals surface area (Å²) in [5, 5.41) is 17.0. The summed E-state index contributed by atoms with van der Waals surface area (Å²) in [5.74, 6) is -1.00. The van der Waals surface area contributed by atoms with Gasteiger partial charge in [0.1, 0.15) is 0 Å². The van der Waals surface area contributed by atoms with E-state index in [4.69, 9.17) is 5.11 Å². The van der Waals surface area contributed by atoms with Crippen molar-refractivity contribution in [2.75, 3.05) is 6.54 Å². The third-order valence-electron chi connectivity index (χ3n) is 4.59. The SMILES string of the molecule is Cc1ccc(-n2cc(C(=O)N3CCCCC3CCC(=O)O)nn2)cc1. The van der Waals surface area contributed by atoms with Crippen LogP contribution in [0.4, 0.5) is 0 Å². The van der Waals surface area contributed by atoms with Gasteiger partial charge < -0.3 is 10.0 Å². The number of aryl methyl sites for hydroxylation is 1. The molecule has 132 valence electrons. The lowest BCUT2D eigenvalue weighted by Crippen LogP contribution is -2.44. The molecule has 0 spiro atoms. The molecule has 1 aromatic heterocycles. The fourth-order valence-electron chi connectivity index (χ4n) is 3.19. The molecule has 0 saturated carbocycles. The van der Waals surface area contributed by atoms with Crippen LogP contribution in [0.15, 0.2) is 30.5 Å². The highest BCUT2D eigenvalue weighted by atomic mass is 16.4. The Hall–Kier alpha value is -2.70. The zero-order chi connectivity index (χ0) is 17.8. The molecule has 7 heteroatoms. The Bertz CT molecular complexity index is 754. The molecule has 0 radical (unpaired) electrons. The van der Waals surface area contributed by atoms with Gasteiger partial charge in [-0.15, -0.1) is 5.10 Å². The zero-order valence-corrected chi connectivity index (χ0v) is 14.3. The van der Waals surface area contributed by atoms with Gasteiger partial charge in [-0.1, -0.05) is 22.9 Å². The van der Waals surface area contributed by atoms with Gasteiger partial charge >= 0.3 is 5.97 Å². The summed E-state index contributed by atoms with van der Waals surface area (Å²) < 4.78 is 1.59. The number of piperidine rings is 1. The van der Waals surface area contributed by atoms with E-state index in [1.54, 1.807) is 15.8 Å². The van der Waals surface area contributed by atoms with Gasteiger partial charge in [0, 0.05) is 19.0 Å². The van der Waals surface area contributed by atoms with E-state index in [-0.39, 0.29) is 18.4 Å². The van der Waals surface area contributed by atoms with Crippen molar-refractivity contribution in [3.8, 4) is 5.69 Å². The van der Waals surface area contributed by atoms with E-state index in [0.29, 0.717) is 18.7 Å². The van der Waals surface area contributed by atoms with Crippen LogP contribution in [0.3, 0.4) is 0 Å². The summed E-state index contributed by atoms with van der Waals surface area (Å²) >= 11 is 0. The standard InChI is InChI=1S/C18H22N4O3/c1-13-5-7-15(8-6-13)22-12-16(19-20-22)18(25)21-11-3-2-4-14(21)9-10-17(23)24/h5-8,12,14H,2-4,9-11H2,1H3,(H,23,24). The Kier molecular flexibility index (Phi) is 5.11. The summed E-state index contributed by atoms with van der Waals surface area (Å²) in [7, 11) is 0. The third-order valence-corrected chi connectivity index (χ3v) is 4.59. The lowest BCUT2D eigenvalue weighted by atomic mass is 9.97. The number of carbonyl (C=O) groups excluding carboxylic acids is 1. The van der Waals surface area contributed by atoms with Crippen LogP contribution < -0.4 is 0 Å². The van der Waals surface area contributed by atoms with Crippen molar-refractivity contribution in [2.45, 2.75) is 45.1 Å². The number of aromatic nitrogens is 3. The minimum atomic E-state index is -0.830. The van der Waals surface area contributed by atoms with Crippen LogP contribution in [-0.4, -0.2) is 49.5 Å². The molecule has 7 nitrogen and oxygen atoms in total. The fourth-order valence-corrected chi connectivity index (χ4v) is 3.19. The van der Waals surface area contributed by atoms with Crippen LogP contribution in [0.2, 0.25) is 0 Å². The zero-order valence-electron chi connectivity index (χ0n) is 14.3. The summed E-state index contributed by atoms with van der Waals surface area (Å²) in [5.41, 5.74) is 2.29. The van der Waals surface area contributed by atoms with Crippen LogP contribution >= 0.6 is 0 Å². The summed E-state index contributed by atoms with van der Waals surface area (Å²) in [6, 6.07) is 7.77. The maximum absolute atomic E-state index is 12.8. The molecular formula is C18H22N4O3. The molecule has 1 N–H and O–H groups in total. The monoisotopic (exact) mass is 342 g/mol. The van der Waals surface area contributed by atoms with Crippen molar-refractivity contribution < 1.29 is 14.7 Å². The summed E-state index contributed by atoms with van der Waals surface area (Å²) in [6.07, 6.45) is 4.98. The second kappa shape index (κ2) is 7.46. The minimum Gasteiger partial charge on any atom is -0.481 e. The Morgan fingerprint density at radius 2 is 2.00 bits per heavy atom. The molecule has 1 fully saturated rings. The van der Waals surface area contributed by atoms with E-state index in [0.717, 1.165) is 30.5 Å². The number of amides is 1. The second-order valence-corrected chi connectivity index (χ2v) is 6.46. The molecule has 1 unspecified atom stereocenters. The smallest absolute Gasteiger partial charge is 0.303 e. The van der Waals surface area contributed by atoms with E-state index in [1.165, 1.54) is 0 Å². The molecule has 1 saturated heterocycles. The van der Waals surface area contributed by atoms with E-state index < -0.39 is 5.97 Å². The first-order chi connectivity index (χ1) is 12.0. The van der Waals surface area contributed by atoms with Gasteiger partial charge in [0.05, 0.1) is 11.9 Å². The largest absolute Gasteiger partial charge is 0.481 e. The summed E-state index contributed by atoms with van der Waals surface area (Å²) in [6.45, 7) is 2.65. The first-order valence-electron chi connectivity index (χ1n) is 8.57. The quantitative estimate of drug-likeness (QED) is 0.901. The number of benzene rings is 1. The molecule has 0 bridgehead atoms. The molecule has 1 aliphatic rings. The predicted molar refractivity (Wildman–Crippen MR) is 91.6 cm³/mol. The van der Waals surface area contributed by atoms with Crippen molar-refractivity contribution >= 4 is 11.9 Å². The molecule has 25 heavy (non-hydrogen) atoms. The fraction of sp³-hybridized carbons (Fsp3) is 0.444. The number of rotatable bonds is 5. The van der Waals surface area contributed by atoms with Crippen molar-refractivity contribution in [1.29, 1.82) is 0 Å². The average molecular weight is 342 g/mol. The highest BCUT2D eigenvalue weighted by Gasteiger charge is 2.29. The number of carboxylic acid groups (broad SMARTS) is 1. The molecule has 1 aromatic carbocycles. The van der Waals surface area contributed by atoms with Crippen LogP contribution in [0.5, 0.6) is 0 Å². The van der Waals surface area contributed by atoms with E-state index >= 15 is 0 Å². The molecule has 2 aromatic rings. The number of nitrogens with zero attached hydrogens (tertiary/aromatic N) is 4. The van der Waals surface area contributed by atoms with Crippen LogP contribution in [-0.2, 0) is 4.79 Å². The second-order valence-electron chi connectivity index (χ2n) is 6.46. The lowest BCUT2D eigenvalue weighted by molar-refractivity contribution is -0.137. The molecule has 2 heterocycles. The molecule has 3 rings (SSSR count). The normalized spacial score (nSPS) is 17.5. The predicted octanol–water partition coefficient (Wildman–Crippen LogP) is 2.44. The van der Waals surface area contributed by atoms with E-state index in [1.807, 2.05) is 31.2 Å². The Morgan fingerprint density at radius 1 is 1.24 bits per heavy atom. The first-order valence-corrected chi connectivity index (χ1v) is 8.57. The highest BCUT2D eigenvalue weighted by molar-refractivity contribution is 5.92. The van der Waals surface area contributed by atoms with Gasteiger partial charge in [-0.05, 0) is 44.7 Å². The van der Waals surface area contributed by atoms with Gasteiger partial charge in [0.25, 0.3) is 5.91 Å². The number of hydrogen-bond acceptors (Lipinski definition) is 4. The van der Waals surface area contributed by atoms with E-state index in [2.05, 4.69) is 10.3 Å². The number of carboxylic acids is 1. The number of aliphatic carboxylic acids is 1. The van der Waals surface area contributed by atoms with Crippen LogP contribution in [0.25, 0.3) is 5.69 Å². The van der Waals surface area contributed by atoms with Crippen LogP contribution in [0.1, 0.15) is 48.2 Å². The summed E-state index contributed by atoms with van der Waals surface area (Å²) in [4.78, 5) is 25.4. The minimum absolute atomic E-state index is 0.0399. The van der Waals surface area contributed by atoms with Gasteiger partial charge in [0.2, 0.25) is 0 Å². The third kappa shape index (κ3) is 4.04. The lowest BCUT2D eigenvalue weighted by Gasteiger charge is -2.35. The van der Waals surface area contributed by atoms with Gasteiger partial charge in [-0.2, -0.15) is 0 Å². The van der Waals surface area contributed by atoms with Gasteiger partial charge in [-0.3, -0.25) is 9.59 Å². The molecular weight excluding hydrogens is 320 g/mol. The average Bonchev–Trinajstić information content (AvgIpc) is 3.10. The van der Waals surface area contributed by atoms with Crippen molar-refractivity contribution in [2.24, 2.45) is 0 Å². The maximum atomic E-state index is 12.8. The van der Waals surface area contributed by atoms with Crippen molar-refractivity contribution in [3.63, 3.8) is 0 Å². The van der Waals surface area contributed by atoms with Crippen molar-refractivity contribution in [1.82, 2.24) is 19.9 Å². The molecule has 1 amide bonds. The maximum Gasteiger partial charge on any atom is 0.303 e. The number of carbonyl (C=O) groups is 2. The molecule has 1 atom stereocenters. The van der Waals surface area contributed by atoms with Crippen molar-refractivity contribution in [3.05, 3.63) is 41.7 Å². The Balaban J connectivity index is 1.75. The topological polar surface area (TPSA) is 88.3 Å². The van der Waals surface area contributed by atoms with Crippen LogP contribution in [0, 0.1) is 6.92 Å². The number of hydrogen-bond donors (Lipinski definition) is 1. The van der Waals surface area contributed by atoms with E-state index in [9.17, 15) is 9.59 Å². The molecule has 1 aliphatic heterocycles. The molecule has 0 aliphatic carbocycles. The van der Waals surface area contributed by atoms with Gasteiger partial charge in [-0.25, -0.2) is 4.68 Å². The number of likely N-dealkylation sites (tertiary alicyclic amines) is 1. The Labute approximate surface area is 146 Å². The Morgan fingerprint density at radius 3 is 2.72 bits per heavy atom. The highest BCUT2D eigenvalue weighted by Crippen LogP contribution is 2.23. The first kappa shape index (κ1) is 17.1.